The Bertz CT molecular complexity index is 651. The number of amides is 3. The highest BCUT2D eigenvalue weighted by Crippen LogP contribution is 2.27. The molecule has 0 unspecified atom stereocenters. The molecule has 5 nitrogen and oxygen atoms in total. The lowest BCUT2D eigenvalue weighted by molar-refractivity contribution is -0.126. The molecule has 0 radical (unpaired) electrons. The largest absolute Gasteiger partial charge is 0.336 e. The maximum absolute atomic E-state index is 13.2. The van der Waals surface area contributed by atoms with E-state index in [1.165, 1.54) is 15.9 Å². The summed E-state index contributed by atoms with van der Waals surface area (Å²) in [5.41, 5.74) is 0.0491. The molecule has 0 N–H and O–H groups in total. The van der Waals surface area contributed by atoms with Crippen LogP contribution in [0, 0.1) is 11.6 Å². The van der Waals surface area contributed by atoms with Crippen molar-refractivity contribution in [1.29, 1.82) is 0 Å². The van der Waals surface area contributed by atoms with Gasteiger partial charge in [0.1, 0.15) is 0 Å². The van der Waals surface area contributed by atoms with Gasteiger partial charge in [-0.25, -0.2) is 8.78 Å². The molecule has 2 aliphatic heterocycles. The van der Waals surface area contributed by atoms with Gasteiger partial charge in [0.15, 0.2) is 11.6 Å². The van der Waals surface area contributed by atoms with Crippen LogP contribution in [0.1, 0.15) is 16.8 Å². The Labute approximate surface area is 129 Å². The van der Waals surface area contributed by atoms with Crippen LogP contribution in [0.4, 0.5) is 13.6 Å². The van der Waals surface area contributed by atoms with Gasteiger partial charge in [-0.15, -0.1) is 0 Å². The third-order valence-electron chi connectivity index (χ3n) is 3.77. The van der Waals surface area contributed by atoms with Gasteiger partial charge < -0.3 is 4.90 Å². The topological polar surface area (TPSA) is 57.7 Å². The molecule has 0 aromatic heterocycles. The number of carbonyl (C=O) groups is 3. The Kier molecular flexibility index (Phi) is 3.86. The number of benzene rings is 1. The van der Waals surface area contributed by atoms with Crippen molar-refractivity contribution in [3.05, 3.63) is 35.4 Å². The van der Waals surface area contributed by atoms with Crippen molar-refractivity contribution < 1.29 is 23.2 Å². The molecule has 2 heterocycles. The van der Waals surface area contributed by atoms with Crippen molar-refractivity contribution in [2.24, 2.45) is 0 Å². The van der Waals surface area contributed by atoms with Gasteiger partial charge in [-0.3, -0.25) is 19.3 Å². The molecule has 0 aliphatic carbocycles. The average Bonchev–Trinajstić information content (AvgIpc) is 3.08. The van der Waals surface area contributed by atoms with E-state index in [4.69, 9.17) is 0 Å². The summed E-state index contributed by atoms with van der Waals surface area (Å²) >= 11 is 0.953. The molecule has 0 spiro atoms. The van der Waals surface area contributed by atoms with Crippen LogP contribution in [0.15, 0.2) is 18.2 Å². The zero-order valence-corrected chi connectivity index (χ0v) is 12.2. The number of hydrogen-bond acceptors (Lipinski definition) is 4. The summed E-state index contributed by atoms with van der Waals surface area (Å²) in [6.07, 6.45) is 0.494. The van der Waals surface area contributed by atoms with Gasteiger partial charge in [-0.1, -0.05) is 11.8 Å². The monoisotopic (exact) mass is 326 g/mol. The van der Waals surface area contributed by atoms with Crippen molar-refractivity contribution in [2.75, 3.05) is 18.8 Å². The molecular formula is C14H12F2N2O3S. The second-order valence-corrected chi connectivity index (χ2v) is 6.07. The molecule has 0 saturated carbocycles. The fourth-order valence-electron chi connectivity index (χ4n) is 2.67. The lowest BCUT2D eigenvalue weighted by Gasteiger charge is -2.22. The standard InChI is InChI=1S/C14H12F2N2O3S/c15-10-2-1-8(5-11(10)16)13(20)17-4-3-9(6-17)18-12(19)7-22-14(18)21/h1-2,5,9H,3-4,6-7H2/t9-/m1/s1. The van der Waals surface area contributed by atoms with Gasteiger partial charge in [0.2, 0.25) is 5.91 Å². The lowest BCUT2D eigenvalue weighted by Crippen LogP contribution is -2.41. The van der Waals surface area contributed by atoms with E-state index in [-0.39, 0.29) is 35.0 Å². The van der Waals surface area contributed by atoms with Gasteiger partial charge >= 0.3 is 0 Å². The van der Waals surface area contributed by atoms with Crippen LogP contribution in [0.3, 0.4) is 0 Å². The normalized spacial score (nSPS) is 21.8. The highest BCUT2D eigenvalue weighted by Gasteiger charge is 2.40. The van der Waals surface area contributed by atoms with E-state index >= 15 is 0 Å². The fourth-order valence-corrected chi connectivity index (χ4v) is 3.44. The second-order valence-electron chi connectivity index (χ2n) is 5.14. The van der Waals surface area contributed by atoms with Crippen molar-refractivity contribution in [3.8, 4) is 0 Å². The molecule has 116 valence electrons. The Morgan fingerprint density at radius 2 is 2.00 bits per heavy atom. The molecule has 3 rings (SSSR count). The minimum atomic E-state index is -1.08. The van der Waals surface area contributed by atoms with E-state index in [1.54, 1.807) is 0 Å². The Balaban J connectivity index is 1.72. The first-order chi connectivity index (χ1) is 10.5. The molecule has 2 saturated heterocycles. The molecule has 3 amide bonds. The smallest absolute Gasteiger partial charge is 0.289 e. The number of likely N-dealkylation sites (tertiary alicyclic amines) is 1. The first kappa shape index (κ1) is 15.0. The van der Waals surface area contributed by atoms with Crippen LogP contribution in [0.5, 0.6) is 0 Å². The van der Waals surface area contributed by atoms with E-state index in [9.17, 15) is 23.2 Å². The van der Waals surface area contributed by atoms with Crippen LogP contribution in [0.2, 0.25) is 0 Å². The average molecular weight is 326 g/mol. The summed E-state index contributed by atoms with van der Waals surface area (Å²) in [5, 5.41) is -0.294. The number of nitrogens with zero attached hydrogens (tertiary/aromatic N) is 2. The van der Waals surface area contributed by atoms with E-state index < -0.39 is 17.5 Å². The number of halogens is 2. The van der Waals surface area contributed by atoms with Gasteiger partial charge in [0.25, 0.3) is 11.1 Å². The van der Waals surface area contributed by atoms with Crippen LogP contribution in [-0.2, 0) is 4.79 Å². The van der Waals surface area contributed by atoms with Gasteiger partial charge in [0, 0.05) is 18.7 Å². The molecular weight excluding hydrogens is 314 g/mol. The molecule has 2 fully saturated rings. The van der Waals surface area contributed by atoms with Crippen LogP contribution >= 0.6 is 11.8 Å². The number of carbonyl (C=O) groups excluding carboxylic acids is 3. The first-order valence-corrected chi connectivity index (χ1v) is 7.69. The SMILES string of the molecule is O=C(c1ccc(F)c(F)c1)N1CC[C@@H](N2C(=O)CSC2=O)C1. The quantitative estimate of drug-likeness (QED) is 0.833. The predicted octanol–water partition coefficient (Wildman–Crippen LogP) is 1.87. The number of imide groups is 1. The summed E-state index contributed by atoms with van der Waals surface area (Å²) in [6, 6.07) is 2.63. The zero-order chi connectivity index (χ0) is 15.9. The molecule has 1 aromatic rings. The Morgan fingerprint density at radius 1 is 1.23 bits per heavy atom. The highest BCUT2D eigenvalue weighted by molar-refractivity contribution is 8.14. The third-order valence-corrected chi connectivity index (χ3v) is 4.60. The van der Waals surface area contributed by atoms with E-state index in [1.807, 2.05) is 0 Å². The molecule has 8 heteroatoms. The highest BCUT2D eigenvalue weighted by atomic mass is 32.2. The second kappa shape index (κ2) is 5.68. The number of thioether (sulfide) groups is 1. The van der Waals surface area contributed by atoms with E-state index in [2.05, 4.69) is 0 Å². The summed E-state index contributed by atoms with van der Waals surface area (Å²) in [6.45, 7) is 0.583. The molecule has 0 bridgehead atoms. The molecule has 22 heavy (non-hydrogen) atoms. The minimum absolute atomic E-state index is 0.0491. The summed E-state index contributed by atoms with van der Waals surface area (Å²) in [5.74, 6) is -2.65. The van der Waals surface area contributed by atoms with Crippen molar-refractivity contribution in [2.45, 2.75) is 12.5 Å². The Hall–Kier alpha value is -1.96. The van der Waals surface area contributed by atoms with Crippen molar-refractivity contribution in [3.63, 3.8) is 0 Å². The van der Waals surface area contributed by atoms with Gasteiger partial charge in [-0.2, -0.15) is 0 Å². The van der Waals surface area contributed by atoms with E-state index in [0.717, 1.165) is 23.9 Å². The van der Waals surface area contributed by atoms with Crippen LogP contribution in [0.25, 0.3) is 0 Å². The number of rotatable bonds is 2. The third kappa shape index (κ3) is 2.58. The summed E-state index contributed by atoms with van der Waals surface area (Å²) in [4.78, 5) is 38.3. The van der Waals surface area contributed by atoms with Crippen molar-refractivity contribution >= 4 is 28.8 Å². The van der Waals surface area contributed by atoms with E-state index in [0.29, 0.717) is 13.0 Å². The Morgan fingerprint density at radius 3 is 2.64 bits per heavy atom. The van der Waals surface area contributed by atoms with Gasteiger partial charge in [-0.05, 0) is 24.6 Å². The summed E-state index contributed by atoms with van der Waals surface area (Å²) in [7, 11) is 0. The van der Waals surface area contributed by atoms with Crippen molar-refractivity contribution in [1.82, 2.24) is 9.80 Å². The summed E-state index contributed by atoms with van der Waals surface area (Å²) < 4.78 is 26.1. The zero-order valence-electron chi connectivity index (χ0n) is 11.4. The fraction of sp³-hybridized carbons (Fsp3) is 0.357. The van der Waals surface area contributed by atoms with Crippen LogP contribution < -0.4 is 0 Å². The first-order valence-electron chi connectivity index (χ1n) is 6.70. The molecule has 2 aliphatic rings. The molecule has 1 atom stereocenters. The van der Waals surface area contributed by atoms with Gasteiger partial charge in [0.05, 0.1) is 11.8 Å². The maximum Gasteiger partial charge on any atom is 0.289 e. The molecule has 1 aromatic carbocycles. The predicted molar refractivity (Wildman–Crippen MR) is 75.4 cm³/mol. The maximum atomic E-state index is 13.2. The van der Waals surface area contributed by atoms with Crippen LogP contribution in [-0.4, -0.2) is 51.7 Å². The minimum Gasteiger partial charge on any atom is -0.336 e. The number of hydrogen-bond donors (Lipinski definition) is 0. The lowest BCUT2D eigenvalue weighted by atomic mass is 10.2.